The van der Waals surface area contributed by atoms with Crippen molar-refractivity contribution in [1.29, 1.82) is 0 Å². The number of unbranched alkanes of at least 4 members (excludes halogenated alkanes) is 25. The number of phosphoric acid groups is 1. The predicted molar refractivity (Wildman–Crippen MR) is 238 cm³/mol. The first-order valence-corrected chi connectivity index (χ1v) is 25.1. The first kappa shape index (κ1) is 55.5. The van der Waals surface area contributed by atoms with Gasteiger partial charge in [0.15, 0.2) is 6.10 Å². The van der Waals surface area contributed by atoms with Crippen molar-refractivity contribution in [3.8, 4) is 0 Å². The highest BCUT2D eigenvalue weighted by Gasteiger charge is 2.27. The zero-order valence-electron chi connectivity index (χ0n) is 37.8. The molecule has 0 bridgehead atoms. The van der Waals surface area contributed by atoms with Crippen LogP contribution in [0.15, 0.2) is 24.3 Å². The zero-order chi connectivity index (χ0) is 42.1. The van der Waals surface area contributed by atoms with Gasteiger partial charge in [-0.25, -0.2) is 4.57 Å². The van der Waals surface area contributed by atoms with Crippen molar-refractivity contribution in [2.45, 2.75) is 219 Å². The number of nitrogens with zero attached hydrogens (tertiary/aromatic N) is 1. The van der Waals surface area contributed by atoms with Crippen molar-refractivity contribution in [1.82, 2.24) is 0 Å². The van der Waals surface area contributed by atoms with E-state index in [4.69, 9.17) is 18.5 Å². The minimum atomic E-state index is -4.38. The maximum absolute atomic E-state index is 12.7. The van der Waals surface area contributed by atoms with Gasteiger partial charge in [0.1, 0.15) is 19.8 Å². The van der Waals surface area contributed by atoms with Gasteiger partial charge in [-0.05, 0) is 38.5 Å². The van der Waals surface area contributed by atoms with Gasteiger partial charge in [0.05, 0.1) is 27.7 Å². The van der Waals surface area contributed by atoms with Crippen molar-refractivity contribution in [3.05, 3.63) is 24.3 Å². The number of ether oxygens (including phenoxy) is 2. The Morgan fingerprint density at radius 1 is 0.544 bits per heavy atom. The van der Waals surface area contributed by atoms with Crippen LogP contribution in [0.25, 0.3) is 0 Å². The number of hydrogen-bond donors (Lipinski definition) is 1. The first-order valence-electron chi connectivity index (χ1n) is 23.6. The Hall–Kier alpha value is -1.51. The third-order valence-corrected chi connectivity index (χ3v) is 11.2. The van der Waals surface area contributed by atoms with Crippen LogP contribution in [0.3, 0.4) is 0 Å². The zero-order valence-corrected chi connectivity index (χ0v) is 38.7. The molecule has 0 aromatic carbocycles. The molecule has 9 nitrogen and oxygen atoms in total. The minimum Gasteiger partial charge on any atom is -0.462 e. The van der Waals surface area contributed by atoms with Crippen LogP contribution in [-0.4, -0.2) is 74.9 Å². The maximum atomic E-state index is 12.7. The van der Waals surface area contributed by atoms with Crippen LogP contribution in [0.2, 0.25) is 0 Å². The van der Waals surface area contributed by atoms with E-state index in [9.17, 15) is 19.0 Å². The topological polar surface area (TPSA) is 108 Å². The highest BCUT2D eigenvalue weighted by atomic mass is 31.2. The third kappa shape index (κ3) is 43.9. The fourth-order valence-corrected chi connectivity index (χ4v) is 7.24. The van der Waals surface area contributed by atoms with Crippen molar-refractivity contribution in [2.75, 3.05) is 47.5 Å². The second-order valence-electron chi connectivity index (χ2n) is 17.1. The van der Waals surface area contributed by atoms with Gasteiger partial charge in [-0.1, -0.05) is 186 Å². The van der Waals surface area contributed by atoms with E-state index < -0.39 is 26.5 Å². The highest BCUT2D eigenvalue weighted by Crippen LogP contribution is 2.43. The van der Waals surface area contributed by atoms with E-state index in [0.29, 0.717) is 23.9 Å². The second-order valence-corrected chi connectivity index (χ2v) is 18.6. The molecule has 0 aliphatic rings. The van der Waals surface area contributed by atoms with E-state index in [-0.39, 0.29) is 25.6 Å². The average Bonchev–Trinajstić information content (AvgIpc) is 3.16. The third-order valence-electron chi connectivity index (χ3n) is 10.2. The van der Waals surface area contributed by atoms with Crippen LogP contribution >= 0.6 is 7.82 Å². The Bertz CT molecular complexity index is 1030. The summed E-state index contributed by atoms with van der Waals surface area (Å²) in [5.41, 5.74) is 0. The van der Waals surface area contributed by atoms with Gasteiger partial charge in [0.2, 0.25) is 0 Å². The van der Waals surface area contributed by atoms with E-state index in [1.807, 2.05) is 21.1 Å². The molecule has 1 N–H and O–H groups in total. The molecule has 0 aliphatic heterocycles. The van der Waals surface area contributed by atoms with Crippen LogP contribution in [0, 0.1) is 0 Å². The van der Waals surface area contributed by atoms with Crippen molar-refractivity contribution in [2.24, 2.45) is 0 Å². The monoisotopic (exact) mass is 829 g/mol. The lowest BCUT2D eigenvalue weighted by atomic mass is 10.0. The van der Waals surface area contributed by atoms with E-state index in [1.54, 1.807) is 0 Å². The van der Waals surface area contributed by atoms with E-state index >= 15 is 0 Å². The number of hydrogen-bond acceptors (Lipinski definition) is 7. The molecule has 0 saturated heterocycles. The minimum absolute atomic E-state index is 0.0307. The molecule has 0 fully saturated rings. The van der Waals surface area contributed by atoms with E-state index in [2.05, 4.69) is 38.2 Å². The van der Waals surface area contributed by atoms with Gasteiger partial charge in [-0.15, -0.1) is 0 Å². The number of quaternary nitrogens is 1. The molecule has 57 heavy (non-hydrogen) atoms. The summed E-state index contributed by atoms with van der Waals surface area (Å²) in [4.78, 5) is 35.4. The molecule has 10 heteroatoms. The highest BCUT2D eigenvalue weighted by molar-refractivity contribution is 7.47. The standard InChI is InChI=1S/C47H90NO8P/c1-6-8-10-12-14-16-18-20-22-23-24-25-26-28-29-31-33-35-37-39-46(49)53-43-45(44-55-57(51,52)54-42-41-48(3,4)5)56-47(50)40-38-36-34-32-30-27-21-19-17-15-13-11-9-7-2/h13,15,19,21,45H,6-12,14,16-18,20,22-44H2,1-5H3/p+1/b15-13-,21-19-. The molecule has 0 saturated carbocycles. The summed E-state index contributed by atoms with van der Waals surface area (Å²) in [6.45, 7) is 4.39. The number of carbonyl (C=O) groups excluding carboxylic acids is 2. The maximum Gasteiger partial charge on any atom is 0.472 e. The largest absolute Gasteiger partial charge is 0.472 e. The van der Waals surface area contributed by atoms with Crippen LogP contribution in [0.1, 0.15) is 213 Å². The van der Waals surface area contributed by atoms with Crippen molar-refractivity contribution >= 4 is 19.8 Å². The molecule has 0 aliphatic carbocycles. The van der Waals surface area contributed by atoms with Gasteiger partial charge in [-0.3, -0.25) is 18.6 Å². The second kappa shape index (κ2) is 39.9. The van der Waals surface area contributed by atoms with Gasteiger partial charge in [0.25, 0.3) is 0 Å². The summed E-state index contributed by atoms with van der Waals surface area (Å²) in [6, 6.07) is 0. The number of likely N-dealkylation sites (N-methyl/N-ethyl adjacent to an activating group) is 1. The van der Waals surface area contributed by atoms with Crippen LogP contribution in [0.5, 0.6) is 0 Å². The summed E-state index contributed by atoms with van der Waals surface area (Å²) in [5.74, 6) is -0.806. The number of carbonyl (C=O) groups is 2. The van der Waals surface area contributed by atoms with Crippen molar-refractivity contribution < 1.29 is 42.1 Å². The smallest absolute Gasteiger partial charge is 0.462 e. The summed E-state index contributed by atoms with van der Waals surface area (Å²) in [6.07, 6.45) is 43.7. The molecule has 0 aromatic heterocycles. The van der Waals surface area contributed by atoms with Crippen molar-refractivity contribution in [3.63, 3.8) is 0 Å². The lowest BCUT2D eigenvalue weighted by Crippen LogP contribution is -2.37. The fourth-order valence-electron chi connectivity index (χ4n) is 6.50. The summed E-state index contributed by atoms with van der Waals surface area (Å²) in [7, 11) is 1.47. The summed E-state index contributed by atoms with van der Waals surface area (Å²) < 4.78 is 34.3. The molecule has 336 valence electrons. The Morgan fingerprint density at radius 3 is 1.44 bits per heavy atom. The average molecular weight is 829 g/mol. The van der Waals surface area contributed by atoms with Crippen LogP contribution < -0.4 is 0 Å². The molecule has 2 unspecified atom stereocenters. The lowest BCUT2D eigenvalue weighted by molar-refractivity contribution is -0.870. The predicted octanol–water partition coefficient (Wildman–Crippen LogP) is 13.5. The van der Waals surface area contributed by atoms with Crippen LogP contribution in [-0.2, 0) is 32.7 Å². The Balaban J connectivity index is 4.27. The molecular formula is C47H91NO8P+. The summed E-state index contributed by atoms with van der Waals surface area (Å²) in [5, 5.41) is 0. The molecule has 0 amide bonds. The lowest BCUT2D eigenvalue weighted by Gasteiger charge is -2.24. The number of phosphoric ester groups is 1. The molecular weight excluding hydrogens is 737 g/mol. The Labute approximate surface area is 351 Å². The van der Waals surface area contributed by atoms with E-state index in [1.165, 1.54) is 116 Å². The van der Waals surface area contributed by atoms with Crippen LogP contribution in [0.4, 0.5) is 0 Å². The molecule has 0 spiro atoms. The fraction of sp³-hybridized carbons (Fsp3) is 0.872. The van der Waals surface area contributed by atoms with E-state index in [0.717, 1.165) is 64.2 Å². The normalized spacial score (nSPS) is 13.7. The summed E-state index contributed by atoms with van der Waals surface area (Å²) >= 11 is 0. The molecule has 0 aromatic rings. The van der Waals surface area contributed by atoms with Gasteiger partial charge < -0.3 is 18.9 Å². The SMILES string of the molecule is CCCC/C=C\C/C=C\CCCCCCCC(=O)OC(COC(=O)CCCCCCCCCCCCCCCCCCCCC)COP(=O)(O)OCC[N+](C)(C)C. The Kier molecular flexibility index (Phi) is 38.9. The van der Waals surface area contributed by atoms with Gasteiger partial charge in [0, 0.05) is 12.8 Å². The quantitative estimate of drug-likeness (QED) is 0.0213. The number of rotatable bonds is 43. The number of esters is 2. The Morgan fingerprint density at radius 2 is 0.965 bits per heavy atom. The number of allylic oxidation sites excluding steroid dienone is 4. The molecule has 0 heterocycles. The van der Waals surface area contributed by atoms with Gasteiger partial charge in [-0.2, -0.15) is 0 Å². The molecule has 0 rings (SSSR count). The van der Waals surface area contributed by atoms with Gasteiger partial charge >= 0.3 is 19.8 Å². The molecule has 0 radical (unpaired) electrons. The first-order chi connectivity index (χ1) is 27.5. The molecule has 2 atom stereocenters.